The normalized spacial score (nSPS) is 16.1. The summed E-state index contributed by atoms with van der Waals surface area (Å²) in [6.45, 7) is 7.27. The van der Waals surface area contributed by atoms with Crippen LogP contribution in [0.25, 0.3) is 16.8 Å². The van der Waals surface area contributed by atoms with Crippen LogP contribution in [0.4, 0.5) is 5.69 Å². The molecule has 2 aromatic carbocycles. The van der Waals surface area contributed by atoms with E-state index in [0.29, 0.717) is 52.9 Å². The lowest BCUT2D eigenvalue weighted by molar-refractivity contribution is -0.688. The van der Waals surface area contributed by atoms with Gasteiger partial charge in [-0.15, -0.1) is 0 Å². The molecule has 0 amide bonds. The van der Waals surface area contributed by atoms with Crippen molar-refractivity contribution in [3.05, 3.63) is 109 Å². The van der Waals surface area contributed by atoms with Crippen molar-refractivity contribution in [1.29, 1.82) is 0 Å². The van der Waals surface area contributed by atoms with Gasteiger partial charge in [-0.1, -0.05) is 30.3 Å². The van der Waals surface area contributed by atoms with E-state index in [9.17, 15) is 0 Å². The number of hydrogen-bond donors (Lipinski definition) is 0. The molecule has 7 heteroatoms. The standard InChI is InChI=1S/C33H39N3O4/c1-2-4-29(5-3-1)28-34-14-10-30(11-15-34)31-12-16-35(17-13-31)32-6-8-33(9-7-32)36-18-20-37-22-24-39-26-27-40-25-23-38-21-19-36/h1-17H,18-28H2/q+2. The maximum absolute atomic E-state index is 5.78. The van der Waals surface area contributed by atoms with Crippen LogP contribution >= 0.6 is 0 Å². The summed E-state index contributed by atoms with van der Waals surface area (Å²) in [7, 11) is 0. The molecule has 208 valence electrons. The Morgan fingerprint density at radius 3 is 1.57 bits per heavy atom. The molecule has 1 aliphatic heterocycles. The third kappa shape index (κ3) is 8.44. The van der Waals surface area contributed by atoms with E-state index in [1.807, 2.05) is 6.07 Å². The molecular weight excluding hydrogens is 502 g/mol. The summed E-state index contributed by atoms with van der Waals surface area (Å²) in [6, 6.07) is 27.8. The Morgan fingerprint density at radius 2 is 1.02 bits per heavy atom. The van der Waals surface area contributed by atoms with Crippen molar-refractivity contribution < 1.29 is 28.1 Å². The predicted molar refractivity (Wildman–Crippen MR) is 155 cm³/mol. The van der Waals surface area contributed by atoms with E-state index >= 15 is 0 Å². The van der Waals surface area contributed by atoms with Gasteiger partial charge in [-0.2, -0.15) is 4.57 Å². The second-order valence-electron chi connectivity index (χ2n) is 9.69. The van der Waals surface area contributed by atoms with Crippen molar-refractivity contribution in [2.24, 2.45) is 0 Å². The van der Waals surface area contributed by atoms with Crippen LogP contribution in [-0.2, 0) is 25.5 Å². The van der Waals surface area contributed by atoms with Gasteiger partial charge < -0.3 is 23.8 Å². The quantitative estimate of drug-likeness (QED) is 0.359. The van der Waals surface area contributed by atoms with E-state index in [1.54, 1.807) is 0 Å². The molecule has 0 spiro atoms. The molecule has 0 aliphatic carbocycles. The number of nitrogens with zero attached hydrogens (tertiary/aromatic N) is 3. The highest BCUT2D eigenvalue weighted by atomic mass is 16.6. The Kier molecular flexibility index (Phi) is 10.6. The Morgan fingerprint density at radius 1 is 0.525 bits per heavy atom. The minimum atomic E-state index is 0.586. The highest BCUT2D eigenvalue weighted by molar-refractivity contribution is 5.61. The Balaban J connectivity index is 1.19. The predicted octanol–water partition coefficient (Wildman–Crippen LogP) is 3.85. The van der Waals surface area contributed by atoms with E-state index < -0.39 is 0 Å². The summed E-state index contributed by atoms with van der Waals surface area (Å²) in [5.41, 5.74) is 5.95. The van der Waals surface area contributed by atoms with Crippen LogP contribution in [0, 0.1) is 0 Å². The maximum atomic E-state index is 5.78. The lowest BCUT2D eigenvalue weighted by Crippen LogP contribution is -2.33. The van der Waals surface area contributed by atoms with Crippen molar-refractivity contribution in [2.45, 2.75) is 6.54 Å². The Bertz CT molecular complexity index is 1250. The first-order valence-corrected chi connectivity index (χ1v) is 14.1. The second kappa shape index (κ2) is 15.2. The smallest absolute Gasteiger partial charge is 0.210 e. The van der Waals surface area contributed by atoms with Gasteiger partial charge in [-0.05, 0) is 23.3 Å². The number of hydrogen-bond acceptors (Lipinski definition) is 5. The van der Waals surface area contributed by atoms with Crippen molar-refractivity contribution in [3.8, 4) is 16.8 Å². The first kappa shape index (κ1) is 27.9. The zero-order chi connectivity index (χ0) is 27.2. The van der Waals surface area contributed by atoms with Gasteiger partial charge in [-0.25, -0.2) is 4.57 Å². The average Bonchev–Trinajstić information content (AvgIpc) is 3.02. The molecule has 1 saturated heterocycles. The van der Waals surface area contributed by atoms with Crippen molar-refractivity contribution in [3.63, 3.8) is 0 Å². The molecule has 1 fully saturated rings. The van der Waals surface area contributed by atoms with Gasteiger partial charge in [0.05, 0.1) is 52.9 Å². The number of rotatable bonds is 5. The minimum Gasteiger partial charge on any atom is -0.377 e. The molecule has 0 saturated carbocycles. The van der Waals surface area contributed by atoms with Crippen molar-refractivity contribution in [1.82, 2.24) is 0 Å². The zero-order valence-electron chi connectivity index (χ0n) is 23.1. The molecule has 2 aromatic heterocycles. The van der Waals surface area contributed by atoms with Crippen LogP contribution < -0.4 is 14.0 Å². The molecule has 0 N–H and O–H groups in total. The molecular formula is C33H39N3O4+2. The lowest BCUT2D eigenvalue weighted by Gasteiger charge is -2.24. The topological polar surface area (TPSA) is 47.9 Å². The summed E-state index contributed by atoms with van der Waals surface area (Å²) >= 11 is 0. The third-order valence-corrected chi connectivity index (χ3v) is 6.90. The molecule has 5 rings (SSSR count). The fourth-order valence-corrected chi connectivity index (χ4v) is 4.66. The summed E-state index contributed by atoms with van der Waals surface area (Å²) in [4.78, 5) is 2.30. The number of ether oxygens (including phenoxy) is 4. The van der Waals surface area contributed by atoms with Crippen molar-refractivity contribution in [2.75, 3.05) is 70.8 Å². The Hall–Kier alpha value is -3.62. The number of pyridine rings is 2. The Labute approximate surface area is 237 Å². The van der Waals surface area contributed by atoms with Crippen LogP contribution in [0.2, 0.25) is 0 Å². The highest BCUT2D eigenvalue weighted by Crippen LogP contribution is 2.18. The number of aromatic nitrogens is 2. The van der Waals surface area contributed by atoms with Crippen LogP contribution in [0.5, 0.6) is 0 Å². The van der Waals surface area contributed by atoms with Gasteiger partial charge in [0.2, 0.25) is 5.69 Å². The van der Waals surface area contributed by atoms with E-state index in [-0.39, 0.29) is 0 Å². The van der Waals surface area contributed by atoms with Crippen molar-refractivity contribution >= 4 is 5.69 Å². The average molecular weight is 542 g/mol. The molecule has 0 radical (unpaired) electrons. The van der Waals surface area contributed by atoms with Gasteiger partial charge in [0.1, 0.15) is 0 Å². The fourth-order valence-electron chi connectivity index (χ4n) is 4.66. The highest BCUT2D eigenvalue weighted by Gasteiger charge is 2.12. The molecule has 7 nitrogen and oxygen atoms in total. The number of benzene rings is 2. The zero-order valence-corrected chi connectivity index (χ0v) is 23.1. The molecule has 0 atom stereocenters. The summed E-state index contributed by atoms with van der Waals surface area (Å²) in [6.07, 6.45) is 8.51. The summed E-state index contributed by atoms with van der Waals surface area (Å²) in [5, 5.41) is 0. The molecule has 0 unspecified atom stereocenters. The first-order chi connectivity index (χ1) is 19.8. The van der Waals surface area contributed by atoms with Crippen LogP contribution in [-0.4, -0.2) is 65.9 Å². The van der Waals surface area contributed by atoms with Gasteiger partial charge in [0, 0.05) is 60.7 Å². The van der Waals surface area contributed by atoms with E-state index in [0.717, 1.165) is 31.0 Å². The van der Waals surface area contributed by atoms with Crippen LogP contribution in [0.1, 0.15) is 5.56 Å². The minimum absolute atomic E-state index is 0.586. The first-order valence-electron chi connectivity index (χ1n) is 14.1. The van der Waals surface area contributed by atoms with Gasteiger partial charge >= 0.3 is 0 Å². The molecule has 0 bridgehead atoms. The second-order valence-corrected chi connectivity index (χ2v) is 9.69. The van der Waals surface area contributed by atoms with Gasteiger partial charge in [0.25, 0.3) is 0 Å². The van der Waals surface area contributed by atoms with Crippen LogP contribution in [0.15, 0.2) is 104 Å². The summed E-state index contributed by atoms with van der Waals surface area (Å²) in [5.74, 6) is 0. The maximum Gasteiger partial charge on any atom is 0.210 e. The molecule has 3 heterocycles. The largest absolute Gasteiger partial charge is 0.377 e. The third-order valence-electron chi connectivity index (χ3n) is 6.90. The van der Waals surface area contributed by atoms with E-state index in [2.05, 4.69) is 112 Å². The van der Waals surface area contributed by atoms with E-state index in [1.165, 1.54) is 16.7 Å². The molecule has 40 heavy (non-hydrogen) atoms. The van der Waals surface area contributed by atoms with E-state index in [4.69, 9.17) is 18.9 Å². The molecule has 1 aliphatic rings. The van der Waals surface area contributed by atoms with Gasteiger partial charge in [0.15, 0.2) is 31.3 Å². The monoisotopic (exact) mass is 541 g/mol. The number of anilines is 1. The SMILES string of the molecule is c1ccc(C[n+]2ccc(-c3cc[n+](-c4ccc(N5CCOCCOCCOCCOCC5)cc4)cc3)cc2)cc1. The molecule has 4 aromatic rings. The van der Waals surface area contributed by atoms with Gasteiger partial charge in [-0.3, -0.25) is 0 Å². The van der Waals surface area contributed by atoms with Crippen LogP contribution in [0.3, 0.4) is 0 Å². The fraction of sp³-hybridized carbons (Fsp3) is 0.333. The lowest BCUT2D eigenvalue weighted by atomic mass is 10.1. The summed E-state index contributed by atoms with van der Waals surface area (Å²) < 4.78 is 27.0.